The van der Waals surface area contributed by atoms with Crippen molar-refractivity contribution in [2.24, 2.45) is 0 Å². The fourth-order valence-electron chi connectivity index (χ4n) is 3.27. The Labute approximate surface area is 189 Å². The van der Waals surface area contributed by atoms with Gasteiger partial charge >= 0.3 is 0 Å². The molecule has 1 fully saturated rings. The Bertz CT molecular complexity index is 740. The third kappa shape index (κ3) is 9.75. The average molecular weight is 426 g/mol. The molecule has 1 saturated heterocycles. The van der Waals surface area contributed by atoms with E-state index in [1.54, 1.807) is 31.4 Å². The highest BCUT2D eigenvalue weighted by Gasteiger charge is 2.21. The van der Waals surface area contributed by atoms with Crippen LogP contribution in [0.4, 0.5) is 0 Å². The van der Waals surface area contributed by atoms with Crippen molar-refractivity contribution in [3.05, 3.63) is 97.3 Å². The molecule has 0 N–H and O–H groups in total. The van der Waals surface area contributed by atoms with Gasteiger partial charge in [0.15, 0.2) is 0 Å². The number of likely N-dealkylation sites (N-methyl/N-ethyl adjacent to an activating group) is 1. The summed E-state index contributed by atoms with van der Waals surface area (Å²) < 4.78 is 17.3. The highest BCUT2D eigenvalue weighted by atomic mass is 16.5. The molecule has 0 amide bonds. The molecule has 1 rings (SSSR count). The van der Waals surface area contributed by atoms with Gasteiger partial charge in [-0.25, -0.2) is 0 Å². The Morgan fingerprint density at radius 1 is 1.10 bits per heavy atom. The zero-order chi connectivity index (χ0) is 23.1. The molecule has 4 nitrogen and oxygen atoms in total. The predicted octanol–water partition coefficient (Wildman–Crippen LogP) is 6.25. The standard InChI is InChI=1S/C27H39NO3/c1-8-14-25(10-3)30-18-13-15-22(5)19-27(29-7)23(9-2)20-26(11-4)31-21-24-16-12-17-28(24)6/h8-11,14,19-20,24H,1-3,5,12-13,15-18,21H2,4,6-7H3/b23-20+,25-14+,26-11+,27-19-. The molecule has 1 aliphatic rings. The molecule has 1 unspecified atom stereocenters. The van der Waals surface area contributed by atoms with Gasteiger partial charge in [-0.2, -0.15) is 0 Å². The van der Waals surface area contributed by atoms with E-state index >= 15 is 0 Å². The van der Waals surface area contributed by atoms with Gasteiger partial charge in [0, 0.05) is 11.6 Å². The molecule has 1 atom stereocenters. The first-order valence-corrected chi connectivity index (χ1v) is 10.8. The Hall–Kier alpha value is -2.72. The van der Waals surface area contributed by atoms with Crippen LogP contribution in [0.5, 0.6) is 0 Å². The van der Waals surface area contributed by atoms with Crippen molar-refractivity contribution in [1.82, 2.24) is 4.90 Å². The second-order valence-corrected chi connectivity index (χ2v) is 7.41. The van der Waals surface area contributed by atoms with Gasteiger partial charge in [-0.1, -0.05) is 44.0 Å². The highest BCUT2D eigenvalue weighted by molar-refractivity contribution is 5.42. The number of rotatable bonds is 15. The van der Waals surface area contributed by atoms with Crippen LogP contribution in [0.1, 0.15) is 32.6 Å². The summed E-state index contributed by atoms with van der Waals surface area (Å²) in [6.45, 7) is 19.9. The number of likely N-dealkylation sites (tertiary alicyclic amines) is 1. The van der Waals surface area contributed by atoms with Gasteiger partial charge in [0.25, 0.3) is 0 Å². The average Bonchev–Trinajstić information content (AvgIpc) is 3.19. The van der Waals surface area contributed by atoms with Gasteiger partial charge in [-0.05, 0) is 76.6 Å². The molecule has 0 radical (unpaired) electrons. The van der Waals surface area contributed by atoms with Crippen LogP contribution < -0.4 is 0 Å². The van der Waals surface area contributed by atoms with E-state index in [0.717, 1.165) is 36.3 Å². The van der Waals surface area contributed by atoms with Gasteiger partial charge in [0.1, 0.15) is 23.9 Å². The van der Waals surface area contributed by atoms with Crippen LogP contribution in [0.2, 0.25) is 0 Å². The van der Waals surface area contributed by atoms with Crippen LogP contribution >= 0.6 is 0 Å². The maximum Gasteiger partial charge on any atom is 0.126 e. The van der Waals surface area contributed by atoms with Crippen molar-refractivity contribution < 1.29 is 14.2 Å². The van der Waals surface area contributed by atoms with E-state index in [-0.39, 0.29) is 0 Å². The fourth-order valence-corrected chi connectivity index (χ4v) is 3.27. The number of hydrogen-bond donors (Lipinski definition) is 0. The van der Waals surface area contributed by atoms with E-state index in [4.69, 9.17) is 14.2 Å². The summed E-state index contributed by atoms with van der Waals surface area (Å²) in [5.41, 5.74) is 1.81. The molecule has 0 spiro atoms. The molecule has 0 bridgehead atoms. The Balaban J connectivity index is 2.69. The van der Waals surface area contributed by atoms with Crippen LogP contribution in [0.15, 0.2) is 97.3 Å². The summed E-state index contributed by atoms with van der Waals surface area (Å²) in [5, 5.41) is 0. The third-order valence-corrected chi connectivity index (χ3v) is 5.15. The topological polar surface area (TPSA) is 30.9 Å². The molecule has 1 aliphatic heterocycles. The molecule has 0 saturated carbocycles. The normalized spacial score (nSPS) is 18.5. The molecule has 0 aromatic rings. The Morgan fingerprint density at radius 2 is 1.87 bits per heavy atom. The van der Waals surface area contributed by atoms with Crippen molar-refractivity contribution >= 4 is 0 Å². The minimum Gasteiger partial charge on any atom is -0.496 e. The van der Waals surface area contributed by atoms with Gasteiger partial charge in [-0.3, -0.25) is 0 Å². The van der Waals surface area contributed by atoms with E-state index in [2.05, 4.69) is 38.3 Å². The highest BCUT2D eigenvalue weighted by Crippen LogP contribution is 2.21. The Kier molecular flexibility index (Phi) is 12.8. The van der Waals surface area contributed by atoms with Gasteiger partial charge < -0.3 is 19.1 Å². The first kappa shape index (κ1) is 26.3. The summed E-state index contributed by atoms with van der Waals surface area (Å²) in [7, 11) is 3.80. The molecule has 170 valence electrons. The number of methoxy groups -OCH3 is 1. The van der Waals surface area contributed by atoms with Gasteiger partial charge in [-0.15, -0.1) is 0 Å². The smallest absolute Gasteiger partial charge is 0.126 e. The van der Waals surface area contributed by atoms with E-state index in [1.165, 1.54) is 12.8 Å². The Morgan fingerprint density at radius 3 is 2.42 bits per heavy atom. The summed E-state index contributed by atoms with van der Waals surface area (Å²) >= 11 is 0. The minimum atomic E-state index is 0.470. The van der Waals surface area contributed by atoms with Crippen molar-refractivity contribution in [1.29, 1.82) is 0 Å². The summed E-state index contributed by atoms with van der Waals surface area (Å²) in [6.07, 6.45) is 16.8. The van der Waals surface area contributed by atoms with Crippen molar-refractivity contribution in [3.8, 4) is 0 Å². The van der Waals surface area contributed by atoms with Crippen LogP contribution in [0.3, 0.4) is 0 Å². The maximum atomic E-state index is 6.06. The number of nitrogens with zero attached hydrogens (tertiary/aromatic N) is 1. The van der Waals surface area contributed by atoms with Crippen LogP contribution in [-0.4, -0.2) is 44.9 Å². The van der Waals surface area contributed by atoms with Gasteiger partial charge in [0.2, 0.25) is 0 Å². The van der Waals surface area contributed by atoms with Crippen molar-refractivity contribution in [2.45, 2.75) is 38.6 Å². The third-order valence-electron chi connectivity index (χ3n) is 5.15. The molecule has 1 heterocycles. The molecular formula is C27H39NO3. The second kappa shape index (κ2) is 15.1. The molecule has 0 aromatic carbocycles. The molecule has 4 heteroatoms. The zero-order valence-corrected chi connectivity index (χ0v) is 19.6. The quantitative estimate of drug-likeness (QED) is 0.176. The lowest BCUT2D eigenvalue weighted by atomic mass is 10.1. The van der Waals surface area contributed by atoms with E-state index in [9.17, 15) is 0 Å². The van der Waals surface area contributed by atoms with Gasteiger partial charge in [0.05, 0.1) is 13.7 Å². The fraction of sp³-hybridized carbons (Fsp3) is 0.407. The van der Waals surface area contributed by atoms with E-state index in [1.807, 2.05) is 25.2 Å². The summed E-state index contributed by atoms with van der Waals surface area (Å²) in [6, 6.07) is 0.470. The molecule has 0 aromatic heterocycles. The van der Waals surface area contributed by atoms with Crippen molar-refractivity contribution in [3.63, 3.8) is 0 Å². The SMILES string of the molecule is C=C/C=C(\C=C)OCCCC(=C)/C=C(OC)/C(C=C)=C/C(=C\C)OCC1CCCN1C. The largest absolute Gasteiger partial charge is 0.496 e. The van der Waals surface area contributed by atoms with Crippen LogP contribution in [0, 0.1) is 0 Å². The lowest BCUT2D eigenvalue weighted by Crippen LogP contribution is -2.29. The monoisotopic (exact) mass is 425 g/mol. The van der Waals surface area contributed by atoms with E-state index < -0.39 is 0 Å². The summed E-state index contributed by atoms with van der Waals surface area (Å²) in [5.74, 6) is 2.23. The van der Waals surface area contributed by atoms with Crippen LogP contribution in [-0.2, 0) is 14.2 Å². The molecule has 31 heavy (non-hydrogen) atoms. The lowest BCUT2D eigenvalue weighted by molar-refractivity contribution is 0.146. The molecular weight excluding hydrogens is 386 g/mol. The van der Waals surface area contributed by atoms with Crippen molar-refractivity contribution in [2.75, 3.05) is 33.9 Å². The summed E-state index contributed by atoms with van der Waals surface area (Å²) in [4.78, 5) is 2.35. The lowest BCUT2D eigenvalue weighted by Gasteiger charge is -2.20. The minimum absolute atomic E-state index is 0.470. The first-order chi connectivity index (χ1) is 15.0. The van der Waals surface area contributed by atoms with Crippen LogP contribution in [0.25, 0.3) is 0 Å². The molecule has 0 aliphatic carbocycles. The predicted molar refractivity (Wildman–Crippen MR) is 132 cm³/mol. The second-order valence-electron chi connectivity index (χ2n) is 7.41. The number of ether oxygens (including phenoxy) is 3. The zero-order valence-electron chi connectivity index (χ0n) is 19.6. The van der Waals surface area contributed by atoms with E-state index in [0.29, 0.717) is 30.8 Å². The maximum absolute atomic E-state index is 6.06. The first-order valence-electron chi connectivity index (χ1n) is 10.8. The number of hydrogen-bond acceptors (Lipinski definition) is 4. The number of allylic oxidation sites excluding steroid dienone is 8.